The summed E-state index contributed by atoms with van der Waals surface area (Å²) in [6.07, 6.45) is 1.48. The van der Waals surface area contributed by atoms with E-state index in [2.05, 4.69) is 15.5 Å². The molecule has 2 aromatic heterocycles. The first-order chi connectivity index (χ1) is 11.0. The third-order valence-corrected chi connectivity index (χ3v) is 3.49. The maximum absolute atomic E-state index is 12.4. The summed E-state index contributed by atoms with van der Waals surface area (Å²) < 4.78 is 3.14. The Hall–Kier alpha value is -3.16. The van der Waals surface area contributed by atoms with Crippen molar-refractivity contribution < 1.29 is 9.59 Å². The molecule has 8 heteroatoms. The number of nitrogens with zero attached hydrogens (tertiary/aromatic N) is 4. The molecule has 0 bridgehead atoms. The molecule has 23 heavy (non-hydrogen) atoms. The number of carbonyl (C=O) groups is 2. The first-order valence-electron chi connectivity index (χ1n) is 7.12. The third kappa shape index (κ3) is 2.66. The van der Waals surface area contributed by atoms with Gasteiger partial charge < -0.3 is 5.73 Å². The van der Waals surface area contributed by atoms with Gasteiger partial charge in [-0.3, -0.25) is 19.7 Å². The molecule has 2 heterocycles. The number of aromatic nitrogens is 4. The largest absolute Gasteiger partial charge is 0.366 e. The molecule has 2 amide bonds. The summed E-state index contributed by atoms with van der Waals surface area (Å²) in [6.45, 7) is 4.35. The van der Waals surface area contributed by atoms with Gasteiger partial charge in [0.15, 0.2) is 0 Å². The number of fused-ring (bicyclic) bond motifs is 1. The van der Waals surface area contributed by atoms with E-state index >= 15 is 0 Å². The predicted octanol–water partition coefficient (Wildman–Crippen LogP) is 1.04. The minimum absolute atomic E-state index is 0.286. The molecule has 3 rings (SSSR count). The maximum atomic E-state index is 12.4. The minimum Gasteiger partial charge on any atom is -0.366 e. The second kappa shape index (κ2) is 5.56. The Labute approximate surface area is 131 Å². The van der Waals surface area contributed by atoms with Crippen molar-refractivity contribution in [3.8, 4) is 0 Å². The van der Waals surface area contributed by atoms with E-state index in [1.165, 1.54) is 11.0 Å². The van der Waals surface area contributed by atoms with Gasteiger partial charge in [0.1, 0.15) is 12.0 Å². The van der Waals surface area contributed by atoms with Crippen LogP contribution in [0.2, 0.25) is 0 Å². The smallest absolute Gasteiger partial charge is 0.288 e. The Kier molecular flexibility index (Phi) is 3.57. The molecule has 0 unspecified atom stereocenters. The molecular weight excluding hydrogens is 296 g/mol. The fourth-order valence-electron chi connectivity index (χ4n) is 2.39. The molecule has 8 nitrogen and oxygen atoms in total. The van der Waals surface area contributed by atoms with E-state index in [-0.39, 0.29) is 5.91 Å². The van der Waals surface area contributed by atoms with Crippen LogP contribution in [0.15, 0.2) is 30.6 Å². The molecule has 0 atom stereocenters. The van der Waals surface area contributed by atoms with Gasteiger partial charge in [0, 0.05) is 12.1 Å². The van der Waals surface area contributed by atoms with E-state index in [0.717, 1.165) is 5.69 Å². The van der Waals surface area contributed by atoms with E-state index in [0.29, 0.717) is 28.8 Å². The van der Waals surface area contributed by atoms with Crippen LogP contribution in [0.25, 0.3) is 11.0 Å². The van der Waals surface area contributed by atoms with Gasteiger partial charge in [-0.1, -0.05) is 0 Å². The third-order valence-electron chi connectivity index (χ3n) is 3.49. The summed E-state index contributed by atoms with van der Waals surface area (Å²) in [7, 11) is 0. The summed E-state index contributed by atoms with van der Waals surface area (Å²) in [5.74, 6) is -0.807. The summed E-state index contributed by atoms with van der Waals surface area (Å²) in [6, 6.07) is 6.59. The maximum Gasteiger partial charge on any atom is 0.288 e. The summed E-state index contributed by atoms with van der Waals surface area (Å²) in [5, 5.41) is 4.25. The standard InChI is InChI=1S/C15H16N6O2/c1-3-20-13(6-9(2)18-20)15(23)19-21-8-17-11-7-10(14(16)22)4-5-12(11)21/h4-8H,3H2,1-2H3,(H2,16,22)(H,19,23). The van der Waals surface area contributed by atoms with Crippen LogP contribution in [-0.2, 0) is 6.54 Å². The molecule has 0 radical (unpaired) electrons. The number of benzene rings is 1. The van der Waals surface area contributed by atoms with Crippen molar-refractivity contribution in [1.29, 1.82) is 0 Å². The quantitative estimate of drug-likeness (QED) is 0.750. The zero-order valence-corrected chi connectivity index (χ0v) is 12.8. The topological polar surface area (TPSA) is 108 Å². The first kappa shape index (κ1) is 14.8. The van der Waals surface area contributed by atoms with E-state index in [1.807, 2.05) is 13.8 Å². The fourth-order valence-corrected chi connectivity index (χ4v) is 2.39. The summed E-state index contributed by atoms with van der Waals surface area (Å²) in [4.78, 5) is 27.8. The zero-order valence-electron chi connectivity index (χ0n) is 12.8. The van der Waals surface area contributed by atoms with Crippen molar-refractivity contribution in [2.24, 2.45) is 5.73 Å². The minimum atomic E-state index is -0.521. The van der Waals surface area contributed by atoms with Crippen LogP contribution in [0.1, 0.15) is 33.5 Å². The first-order valence-corrected chi connectivity index (χ1v) is 7.12. The Morgan fingerprint density at radius 3 is 2.78 bits per heavy atom. The van der Waals surface area contributed by atoms with Gasteiger partial charge in [-0.15, -0.1) is 0 Å². The van der Waals surface area contributed by atoms with Gasteiger partial charge >= 0.3 is 0 Å². The molecule has 118 valence electrons. The van der Waals surface area contributed by atoms with Crippen molar-refractivity contribution in [2.45, 2.75) is 20.4 Å². The van der Waals surface area contributed by atoms with Crippen LogP contribution in [0.4, 0.5) is 0 Å². The molecule has 0 spiro atoms. The number of hydrogen-bond donors (Lipinski definition) is 2. The van der Waals surface area contributed by atoms with Crippen LogP contribution < -0.4 is 11.2 Å². The molecular formula is C15H16N6O2. The van der Waals surface area contributed by atoms with Crippen molar-refractivity contribution in [2.75, 3.05) is 5.43 Å². The second-order valence-electron chi connectivity index (χ2n) is 5.11. The van der Waals surface area contributed by atoms with Gasteiger partial charge in [-0.05, 0) is 38.1 Å². The van der Waals surface area contributed by atoms with E-state index in [1.54, 1.807) is 28.9 Å². The Morgan fingerprint density at radius 1 is 1.30 bits per heavy atom. The lowest BCUT2D eigenvalue weighted by molar-refractivity contribution is 0.0991. The second-order valence-corrected chi connectivity index (χ2v) is 5.11. The number of carbonyl (C=O) groups excluding carboxylic acids is 2. The molecule has 3 aromatic rings. The lowest BCUT2D eigenvalue weighted by atomic mass is 10.2. The Bertz CT molecular complexity index is 908. The van der Waals surface area contributed by atoms with Crippen molar-refractivity contribution in [1.82, 2.24) is 19.4 Å². The van der Waals surface area contributed by atoms with Crippen LogP contribution in [0, 0.1) is 6.92 Å². The molecule has 0 aliphatic carbocycles. The SMILES string of the molecule is CCn1nc(C)cc1C(=O)Nn1cnc2cc(C(N)=O)ccc21. The lowest BCUT2D eigenvalue weighted by Gasteiger charge is -2.08. The van der Waals surface area contributed by atoms with Crippen molar-refractivity contribution in [3.05, 3.63) is 47.5 Å². The number of nitrogens with two attached hydrogens (primary N) is 1. The molecule has 3 N–H and O–H groups in total. The number of nitrogens with one attached hydrogen (secondary N) is 1. The Balaban J connectivity index is 1.92. The van der Waals surface area contributed by atoms with Crippen LogP contribution in [0.5, 0.6) is 0 Å². The number of aryl methyl sites for hydroxylation is 2. The highest BCUT2D eigenvalue weighted by Crippen LogP contribution is 2.14. The number of rotatable bonds is 4. The lowest BCUT2D eigenvalue weighted by Crippen LogP contribution is -2.24. The molecule has 0 fully saturated rings. The highest BCUT2D eigenvalue weighted by Gasteiger charge is 2.15. The number of primary amides is 1. The highest BCUT2D eigenvalue weighted by molar-refractivity contribution is 6.00. The number of imidazole rings is 1. The summed E-state index contributed by atoms with van der Waals surface area (Å²) in [5.41, 5.74) is 10.9. The average molecular weight is 312 g/mol. The monoisotopic (exact) mass is 312 g/mol. The number of amides is 2. The van der Waals surface area contributed by atoms with Crippen LogP contribution in [0.3, 0.4) is 0 Å². The van der Waals surface area contributed by atoms with Crippen LogP contribution >= 0.6 is 0 Å². The highest BCUT2D eigenvalue weighted by atomic mass is 16.2. The van der Waals surface area contributed by atoms with Crippen molar-refractivity contribution >= 4 is 22.8 Å². The molecule has 0 aliphatic heterocycles. The average Bonchev–Trinajstić information content (AvgIpc) is 3.10. The normalized spacial score (nSPS) is 10.9. The summed E-state index contributed by atoms with van der Waals surface area (Å²) >= 11 is 0. The van der Waals surface area contributed by atoms with Crippen molar-refractivity contribution in [3.63, 3.8) is 0 Å². The number of hydrogen-bond acceptors (Lipinski definition) is 4. The van der Waals surface area contributed by atoms with Crippen LogP contribution in [-0.4, -0.2) is 31.3 Å². The van der Waals surface area contributed by atoms with E-state index in [4.69, 9.17) is 5.73 Å². The molecule has 0 saturated carbocycles. The Morgan fingerprint density at radius 2 is 2.09 bits per heavy atom. The predicted molar refractivity (Wildman–Crippen MR) is 84.6 cm³/mol. The fraction of sp³-hybridized carbons (Fsp3) is 0.200. The van der Waals surface area contributed by atoms with Gasteiger partial charge in [-0.2, -0.15) is 5.10 Å². The van der Waals surface area contributed by atoms with E-state index in [9.17, 15) is 9.59 Å². The van der Waals surface area contributed by atoms with E-state index < -0.39 is 5.91 Å². The zero-order chi connectivity index (χ0) is 16.6. The van der Waals surface area contributed by atoms with Gasteiger partial charge in [0.2, 0.25) is 5.91 Å². The van der Waals surface area contributed by atoms with Gasteiger partial charge in [0.05, 0.1) is 16.7 Å². The van der Waals surface area contributed by atoms with Gasteiger partial charge in [-0.25, -0.2) is 9.66 Å². The molecule has 1 aromatic carbocycles. The molecule has 0 aliphatic rings. The van der Waals surface area contributed by atoms with Gasteiger partial charge in [0.25, 0.3) is 5.91 Å². The molecule has 0 saturated heterocycles.